The third-order valence-corrected chi connectivity index (χ3v) is 4.77. The number of piperidine rings is 1. The summed E-state index contributed by atoms with van der Waals surface area (Å²) in [5.41, 5.74) is 0. The Morgan fingerprint density at radius 1 is 0.920 bits per heavy atom. The van der Waals surface area contributed by atoms with E-state index in [1.165, 1.54) is 6.42 Å². The maximum absolute atomic E-state index is 12.0. The Hall–Kier alpha value is -1.63. The molecule has 0 spiro atoms. The van der Waals surface area contributed by atoms with Gasteiger partial charge in [0.15, 0.2) is 0 Å². The van der Waals surface area contributed by atoms with Gasteiger partial charge < -0.3 is 15.7 Å². The number of rotatable bonds is 11. The molecular formula is C18H33N3O4. The zero-order chi connectivity index (χ0) is 18.7. The maximum Gasteiger partial charge on any atom is 0.303 e. The van der Waals surface area contributed by atoms with Gasteiger partial charge in [0.2, 0.25) is 11.8 Å². The van der Waals surface area contributed by atoms with Crippen LogP contribution >= 0.6 is 0 Å². The van der Waals surface area contributed by atoms with Crippen molar-refractivity contribution in [2.24, 2.45) is 0 Å². The van der Waals surface area contributed by atoms with Crippen molar-refractivity contribution < 1.29 is 19.5 Å². The highest BCUT2D eigenvalue weighted by atomic mass is 16.4. The highest BCUT2D eigenvalue weighted by Crippen LogP contribution is 2.21. The number of amides is 2. The number of hydrogen-bond donors (Lipinski definition) is 3. The quantitative estimate of drug-likeness (QED) is 0.488. The molecular weight excluding hydrogens is 322 g/mol. The van der Waals surface area contributed by atoms with Gasteiger partial charge in [0.25, 0.3) is 0 Å². The van der Waals surface area contributed by atoms with E-state index >= 15 is 0 Å². The summed E-state index contributed by atoms with van der Waals surface area (Å²) in [6, 6.07) is 0.859. The molecule has 25 heavy (non-hydrogen) atoms. The molecule has 1 fully saturated rings. The zero-order valence-corrected chi connectivity index (χ0v) is 15.6. The first-order chi connectivity index (χ1) is 11.9. The van der Waals surface area contributed by atoms with Crippen molar-refractivity contribution in [3.8, 4) is 0 Å². The number of hydrogen-bond acceptors (Lipinski definition) is 4. The summed E-state index contributed by atoms with van der Waals surface area (Å²) < 4.78 is 0. The van der Waals surface area contributed by atoms with Gasteiger partial charge in [-0.3, -0.25) is 19.3 Å². The number of carboxylic acid groups (broad SMARTS) is 1. The Morgan fingerprint density at radius 2 is 1.56 bits per heavy atom. The van der Waals surface area contributed by atoms with Crippen molar-refractivity contribution in [2.75, 3.05) is 19.6 Å². The molecule has 7 heteroatoms. The minimum atomic E-state index is -0.784. The average molecular weight is 355 g/mol. The van der Waals surface area contributed by atoms with Crippen molar-refractivity contribution in [3.63, 3.8) is 0 Å². The van der Waals surface area contributed by atoms with Crippen LogP contribution < -0.4 is 10.6 Å². The second-order valence-electron chi connectivity index (χ2n) is 6.96. The van der Waals surface area contributed by atoms with Gasteiger partial charge >= 0.3 is 5.97 Å². The monoisotopic (exact) mass is 355 g/mol. The van der Waals surface area contributed by atoms with Crippen LogP contribution in [0.1, 0.15) is 65.2 Å². The number of carboxylic acids is 1. The number of unbranched alkanes of at least 4 members (excludes halogenated alkanes) is 2. The van der Waals surface area contributed by atoms with E-state index in [1.807, 2.05) is 0 Å². The van der Waals surface area contributed by atoms with Gasteiger partial charge in [0.1, 0.15) is 0 Å². The Bertz CT molecular complexity index is 432. The number of likely N-dealkylation sites (tertiary alicyclic amines) is 1. The smallest absolute Gasteiger partial charge is 0.303 e. The fraction of sp³-hybridized carbons (Fsp3) is 0.833. The molecule has 1 saturated heterocycles. The van der Waals surface area contributed by atoms with E-state index in [0.29, 0.717) is 38.1 Å². The van der Waals surface area contributed by atoms with Crippen LogP contribution in [0.15, 0.2) is 0 Å². The molecule has 1 rings (SSSR count). The molecule has 0 aliphatic carbocycles. The standard InChI is InChI=1S/C18H33N3O4/c1-14-7-6-8-15(2)21(14)13-17(23)20-12-10-16(22)19-11-5-3-4-9-18(24)25/h14-15H,3-13H2,1-2H3,(H,19,22)(H,20,23)(H,24,25). The van der Waals surface area contributed by atoms with Gasteiger partial charge in [-0.1, -0.05) is 12.8 Å². The molecule has 1 aliphatic rings. The van der Waals surface area contributed by atoms with Gasteiger partial charge in [0, 0.05) is 38.0 Å². The minimum Gasteiger partial charge on any atom is -0.481 e. The van der Waals surface area contributed by atoms with Crippen molar-refractivity contribution >= 4 is 17.8 Å². The highest BCUT2D eigenvalue weighted by Gasteiger charge is 2.26. The SMILES string of the molecule is CC1CCCC(C)N1CC(=O)NCCC(=O)NCCCCCC(=O)O. The van der Waals surface area contributed by atoms with Crippen LogP contribution in [-0.4, -0.2) is 59.5 Å². The van der Waals surface area contributed by atoms with Crippen LogP contribution in [0.5, 0.6) is 0 Å². The number of carbonyl (C=O) groups is 3. The van der Waals surface area contributed by atoms with E-state index in [9.17, 15) is 14.4 Å². The predicted octanol–water partition coefficient (Wildman–Crippen LogP) is 1.52. The van der Waals surface area contributed by atoms with E-state index in [-0.39, 0.29) is 24.7 Å². The lowest BCUT2D eigenvalue weighted by molar-refractivity contribution is -0.137. The normalized spacial score (nSPS) is 20.9. The molecule has 0 aromatic carbocycles. The largest absolute Gasteiger partial charge is 0.481 e. The summed E-state index contributed by atoms with van der Waals surface area (Å²) >= 11 is 0. The molecule has 2 unspecified atom stereocenters. The van der Waals surface area contributed by atoms with Crippen LogP contribution in [0.3, 0.4) is 0 Å². The molecule has 1 heterocycles. The fourth-order valence-electron chi connectivity index (χ4n) is 3.22. The van der Waals surface area contributed by atoms with E-state index in [0.717, 1.165) is 25.7 Å². The molecule has 0 aromatic rings. The van der Waals surface area contributed by atoms with Gasteiger partial charge in [-0.15, -0.1) is 0 Å². The maximum atomic E-state index is 12.0. The van der Waals surface area contributed by atoms with Gasteiger partial charge in [-0.2, -0.15) is 0 Å². The van der Waals surface area contributed by atoms with Crippen LogP contribution in [-0.2, 0) is 14.4 Å². The third-order valence-electron chi connectivity index (χ3n) is 4.77. The molecule has 2 atom stereocenters. The topological polar surface area (TPSA) is 98.7 Å². The number of nitrogens with one attached hydrogen (secondary N) is 2. The van der Waals surface area contributed by atoms with Crippen LogP contribution in [0.2, 0.25) is 0 Å². The number of aliphatic carboxylic acids is 1. The van der Waals surface area contributed by atoms with Gasteiger partial charge in [-0.05, 0) is 39.5 Å². The molecule has 2 amide bonds. The average Bonchev–Trinajstić information content (AvgIpc) is 2.54. The zero-order valence-electron chi connectivity index (χ0n) is 15.6. The van der Waals surface area contributed by atoms with Gasteiger partial charge in [-0.25, -0.2) is 0 Å². The summed E-state index contributed by atoms with van der Waals surface area (Å²) in [7, 11) is 0. The Kier molecular flexibility index (Phi) is 10.1. The number of carbonyl (C=O) groups excluding carboxylic acids is 2. The van der Waals surface area contributed by atoms with Crippen molar-refractivity contribution in [1.82, 2.24) is 15.5 Å². The first-order valence-corrected chi connectivity index (χ1v) is 9.41. The highest BCUT2D eigenvalue weighted by molar-refractivity contribution is 5.80. The summed E-state index contributed by atoms with van der Waals surface area (Å²) in [4.78, 5) is 36.3. The first-order valence-electron chi connectivity index (χ1n) is 9.41. The molecule has 0 saturated carbocycles. The van der Waals surface area contributed by atoms with Crippen molar-refractivity contribution in [1.29, 1.82) is 0 Å². The van der Waals surface area contributed by atoms with Crippen LogP contribution in [0, 0.1) is 0 Å². The third kappa shape index (κ3) is 9.43. The van der Waals surface area contributed by atoms with E-state index in [1.54, 1.807) is 0 Å². The van der Waals surface area contributed by atoms with E-state index < -0.39 is 5.97 Å². The fourth-order valence-corrected chi connectivity index (χ4v) is 3.22. The molecule has 144 valence electrons. The molecule has 0 radical (unpaired) electrons. The second kappa shape index (κ2) is 11.8. The van der Waals surface area contributed by atoms with Crippen molar-refractivity contribution in [3.05, 3.63) is 0 Å². The molecule has 0 aromatic heterocycles. The first kappa shape index (κ1) is 21.4. The molecule has 7 nitrogen and oxygen atoms in total. The Balaban J connectivity index is 2.06. The Morgan fingerprint density at radius 3 is 2.20 bits per heavy atom. The van der Waals surface area contributed by atoms with Crippen LogP contribution in [0.4, 0.5) is 0 Å². The Labute approximate surface area is 150 Å². The summed E-state index contributed by atoms with van der Waals surface area (Å²) in [6.45, 7) is 5.61. The lowest BCUT2D eigenvalue weighted by Crippen LogP contribution is -2.49. The lowest BCUT2D eigenvalue weighted by Gasteiger charge is -2.38. The van der Waals surface area contributed by atoms with E-state index in [2.05, 4.69) is 29.4 Å². The predicted molar refractivity (Wildman–Crippen MR) is 96.2 cm³/mol. The van der Waals surface area contributed by atoms with E-state index in [4.69, 9.17) is 5.11 Å². The minimum absolute atomic E-state index is 0.0259. The molecule has 3 N–H and O–H groups in total. The lowest BCUT2D eigenvalue weighted by atomic mass is 9.97. The second-order valence-corrected chi connectivity index (χ2v) is 6.96. The van der Waals surface area contributed by atoms with Crippen LogP contribution in [0.25, 0.3) is 0 Å². The summed E-state index contributed by atoms with van der Waals surface area (Å²) in [5, 5.41) is 14.1. The summed E-state index contributed by atoms with van der Waals surface area (Å²) in [5.74, 6) is -0.895. The van der Waals surface area contributed by atoms with Crippen molar-refractivity contribution in [2.45, 2.75) is 77.3 Å². The number of nitrogens with zero attached hydrogens (tertiary/aromatic N) is 1. The molecule has 0 bridgehead atoms. The summed E-state index contributed by atoms with van der Waals surface area (Å²) in [6.07, 6.45) is 6.12. The molecule has 1 aliphatic heterocycles. The van der Waals surface area contributed by atoms with Gasteiger partial charge in [0.05, 0.1) is 6.54 Å².